The summed E-state index contributed by atoms with van der Waals surface area (Å²) in [4.78, 5) is 22.2. The molecule has 6 heteroatoms. The summed E-state index contributed by atoms with van der Waals surface area (Å²) in [6.07, 6.45) is 5.80. The molecule has 0 radical (unpaired) electrons. The minimum Gasteiger partial charge on any atom is -0.494 e. The number of nitrogens with one attached hydrogen (secondary N) is 1. The lowest BCUT2D eigenvalue weighted by Gasteiger charge is -2.39. The second-order valence-corrected chi connectivity index (χ2v) is 6.77. The maximum atomic E-state index is 12.7. The summed E-state index contributed by atoms with van der Waals surface area (Å²) >= 11 is 0. The SMILES string of the molecule is CCOC(=O)C1(CCOc2ccccc2)CCN(Cc2cnc[nH]2)CC1. The van der Waals surface area contributed by atoms with Gasteiger partial charge >= 0.3 is 5.97 Å². The number of nitrogens with zero attached hydrogens (tertiary/aromatic N) is 2. The number of ether oxygens (including phenoxy) is 2. The Labute approximate surface area is 154 Å². The maximum absolute atomic E-state index is 12.7. The van der Waals surface area contributed by atoms with Crippen LogP contribution in [0.25, 0.3) is 0 Å². The summed E-state index contributed by atoms with van der Waals surface area (Å²) in [5.41, 5.74) is 0.649. The second kappa shape index (κ2) is 8.85. The third-order valence-corrected chi connectivity index (χ3v) is 5.06. The van der Waals surface area contributed by atoms with E-state index in [9.17, 15) is 4.79 Å². The molecular formula is C20H27N3O3. The van der Waals surface area contributed by atoms with E-state index < -0.39 is 5.41 Å². The van der Waals surface area contributed by atoms with Crippen molar-refractivity contribution in [3.8, 4) is 5.75 Å². The van der Waals surface area contributed by atoms with E-state index in [0.717, 1.165) is 43.9 Å². The summed E-state index contributed by atoms with van der Waals surface area (Å²) in [5.74, 6) is 0.751. The first-order chi connectivity index (χ1) is 12.7. The molecule has 1 saturated heterocycles. The molecule has 1 aromatic carbocycles. The maximum Gasteiger partial charge on any atom is 0.312 e. The molecule has 0 amide bonds. The van der Waals surface area contributed by atoms with Crippen LogP contribution in [0.5, 0.6) is 5.75 Å². The molecule has 0 atom stereocenters. The fourth-order valence-electron chi connectivity index (χ4n) is 3.47. The highest BCUT2D eigenvalue weighted by atomic mass is 16.5. The molecule has 0 saturated carbocycles. The monoisotopic (exact) mass is 357 g/mol. The van der Waals surface area contributed by atoms with Crippen molar-refractivity contribution in [2.75, 3.05) is 26.3 Å². The van der Waals surface area contributed by atoms with Gasteiger partial charge in [-0.15, -0.1) is 0 Å². The first kappa shape index (κ1) is 18.5. The molecule has 26 heavy (non-hydrogen) atoms. The molecule has 0 bridgehead atoms. The summed E-state index contributed by atoms with van der Waals surface area (Å²) in [7, 11) is 0. The number of hydrogen-bond donors (Lipinski definition) is 1. The number of aromatic amines is 1. The Bertz CT molecular complexity index is 665. The van der Waals surface area contributed by atoms with Crippen LogP contribution < -0.4 is 4.74 Å². The summed E-state index contributed by atoms with van der Waals surface area (Å²) in [6.45, 7) is 5.35. The number of piperidine rings is 1. The number of carbonyl (C=O) groups excluding carboxylic acids is 1. The fourth-order valence-corrected chi connectivity index (χ4v) is 3.47. The molecule has 1 N–H and O–H groups in total. The van der Waals surface area contributed by atoms with Gasteiger partial charge in [-0.1, -0.05) is 18.2 Å². The zero-order chi connectivity index (χ0) is 18.2. The number of benzene rings is 1. The minimum atomic E-state index is -0.449. The highest BCUT2D eigenvalue weighted by Gasteiger charge is 2.42. The van der Waals surface area contributed by atoms with E-state index in [4.69, 9.17) is 9.47 Å². The molecule has 0 unspecified atom stereocenters. The number of para-hydroxylation sites is 1. The molecular weight excluding hydrogens is 330 g/mol. The number of rotatable bonds is 8. The molecule has 2 heterocycles. The number of likely N-dealkylation sites (tertiary alicyclic amines) is 1. The Morgan fingerprint density at radius 1 is 1.27 bits per heavy atom. The van der Waals surface area contributed by atoms with Crippen molar-refractivity contribution in [3.63, 3.8) is 0 Å². The van der Waals surface area contributed by atoms with Crippen molar-refractivity contribution < 1.29 is 14.3 Å². The van der Waals surface area contributed by atoms with E-state index in [1.54, 1.807) is 6.33 Å². The predicted octanol–water partition coefficient (Wildman–Crippen LogP) is 3.02. The van der Waals surface area contributed by atoms with E-state index in [1.807, 2.05) is 43.5 Å². The number of imidazole rings is 1. The van der Waals surface area contributed by atoms with Crippen LogP contribution in [0.15, 0.2) is 42.9 Å². The Hall–Kier alpha value is -2.34. The largest absolute Gasteiger partial charge is 0.494 e. The topological polar surface area (TPSA) is 67.5 Å². The van der Waals surface area contributed by atoms with E-state index in [2.05, 4.69) is 14.9 Å². The summed E-state index contributed by atoms with van der Waals surface area (Å²) in [5, 5.41) is 0. The van der Waals surface area contributed by atoms with Crippen LogP contribution in [0.1, 0.15) is 31.9 Å². The van der Waals surface area contributed by atoms with Gasteiger partial charge in [0.15, 0.2) is 0 Å². The quantitative estimate of drug-likeness (QED) is 0.736. The number of H-pyrrole nitrogens is 1. The summed E-state index contributed by atoms with van der Waals surface area (Å²) < 4.78 is 11.2. The van der Waals surface area contributed by atoms with Crippen LogP contribution in [-0.2, 0) is 16.1 Å². The molecule has 1 aliphatic heterocycles. The molecule has 2 aromatic rings. The van der Waals surface area contributed by atoms with Crippen molar-refractivity contribution in [1.29, 1.82) is 0 Å². The number of esters is 1. The van der Waals surface area contributed by atoms with Gasteiger partial charge in [0.05, 0.1) is 25.0 Å². The Kier molecular flexibility index (Phi) is 6.28. The van der Waals surface area contributed by atoms with Crippen molar-refractivity contribution in [1.82, 2.24) is 14.9 Å². The zero-order valence-corrected chi connectivity index (χ0v) is 15.3. The molecule has 0 aliphatic carbocycles. The van der Waals surface area contributed by atoms with E-state index >= 15 is 0 Å². The van der Waals surface area contributed by atoms with Gasteiger partial charge in [0.1, 0.15) is 5.75 Å². The van der Waals surface area contributed by atoms with Crippen molar-refractivity contribution >= 4 is 5.97 Å². The Morgan fingerprint density at radius 2 is 2.04 bits per heavy atom. The van der Waals surface area contributed by atoms with Crippen LogP contribution >= 0.6 is 0 Å². The Morgan fingerprint density at radius 3 is 2.69 bits per heavy atom. The zero-order valence-electron chi connectivity index (χ0n) is 15.3. The van der Waals surface area contributed by atoms with Gasteiger partial charge in [0.25, 0.3) is 0 Å². The van der Waals surface area contributed by atoms with Crippen LogP contribution in [0.2, 0.25) is 0 Å². The molecule has 1 aliphatic rings. The van der Waals surface area contributed by atoms with E-state index in [0.29, 0.717) is 19.6 Å². The number of carbonyl (C=O) groups is 1. The smallest absolute Gasteiger partial charge is 0.312 e. The van der Waals surface area contributed by atoms with Gasteiger partial charge in [-0.2, -0.15) is 0 Å². The van der Waals surface area contributed by atoms with Crippen LogP contribution in [-0.4, -0.2) is 47.1 Å². The van der Waals surface area contributed by atoms with Crippen LogP contribution in [0, 0.1) is 5.41 Å². The minimum absolute atomic E-state index is 0.0853. The van der Waals surface area contributed by atoms with Crippen molar-refractivity contribution in [3.05, 3.63) is 48.5 Å². The normalized spacial score (nSPS) is 17.0. The lowest BCUT2D eigenvalue weighted by molar-refractivity contribution is -0.159. The van der Waals surface area contributed by atoms with E-state index in [-0.39, 0.29) is 5.97 Å². The highest BCUT2D eigenvalue weighted by Crippen LogP contribution is 2.37. The number of hydrogen-bond acceptors (Lipinski definition) is 5. The molecule has 140 valence electrons. The first-order valence-electron chi connectivity index (χ1n) is 9.26. The van der Waals surface area contributed by atoms with Crippen LogP contribution in [0.4, 0.5) is 0 Å². The Balaban J connectivity index is 1.57. The van der Waals surface area contributed by atoms with Gasteiger partial charge in [0, 0.05) is 18.4 Å². The predicted molar refractivity (Wildman–Crippen MR) is 98.7 cm³/mol. The first-order valence-corrected chi connectivity index (χ1v) is 9.26. The van der Waals surface area contributed by atoms with Gasteiger partial charge in [0.2, 0.25) is 0 Å². The van der Waals surface area contributed by atoms with Crippen molar-refractivity contribution in [2.45, 2.75) is 32.7 Å². The molecule has 6 nitrogen and oxygen atoms in total. The van der Waals surface area contributed by atoms with Crippen LogP contribution in [0.3, 0.4) is 0 Å². The van der Waals surface area contributed by atoms with Gasteiger partial charge in [-0.3, -0.25) is 9.69 Å². The van der Waals surface area contributed by atoms with Crippen molar-refractivity contribution in [2.24, 2.45) is 5.41 Å². The highest BCUT2D eigenvalue weighted by molar-refractivity contribution is 5.77. The molecule has 0 spiro atoms. The summed E-state index contributed by atoms with van der Waals surface area (Å²) in [6, 6.07) is 9.73. The lowest BCUT2D eigenvalue weighted by atomic mass is 9.75. The molecule has 1 fully saturated rings. The standard InChI is InChI=1S/C20H27N3O3/c1-2-25-19(24)20(10-13-26-18-6-4-3-5-7-18)8-11-23(12-9-20)15-17-14-21-16-22-17/h3-7,14,16H,2,8-13,15H2,1H3,(H,21,22). The van der Waals surface area contributed by atoms with Gasteiger partial charge in [-0.05, 0) is 51.4 Å². The van der Waals surface area contributed by atoms with Gasteiger partial charge < -0.3 is 14.5 Å². The average molecular weight is 357 g/mol. The lowest BCUT2D eigenvalue weighted by Crippen LogP contribution is -2.45. The third-order valence-electron chi connectivity index (χ3n) is 5.06. The average Bonchev–Trinajstić information content (AvgIpc) is 3.17. The second-order valence-electron chi connectivity index (χ2n) is 6.77. The van der Waals surface area contributed by atoms with E-state index in [1.165, 1.54) is 0 Å². The number of aromatic nitrogens is 2. The molecule has 3 rings (SSSR count). The van der Waals surface area contributed by atoms with Gasteiger partial charge in [-0.25, -0.2) is 4.98 Å². The third kappa shape index (κ3) is 4.64. The molecule has 1 aromatic heterocycles. The fraction of sp³-hybridized carbons (Fsp3) is 0.500.